The van der Waals surface area contributed by atoms with Gasteiger partial charge in [0.25, 0.3) is 0 Å². The number of benzene rings is 7. The molecule has 7 aromatic carbocycles. The Balaban J connectivity index is 1.12. The topological polar surface area (TPSA) is 31.4 Å². The van der Waals surface area contributed by atoms with E-state index >= 15 is 0 Å². The molecule has 5 aliphatic heterocycles. The normalized spacial score (nSPS) is 14.9. The predicted octanol–water partition coefficient (Wildman–Crippen LogP) is 15.3. The molecule has 0 spiro atoms. The standard InChI is InChI=1S/C60H62B2N4O2/c1-33(2)39-15-24-49-53(29-39)67-57-37(7)35(5)27-51-55(57)65(49)61(63(51)44-21-17-41(18-22-44)59(9,10)11)43-20-23-47-45(32-43)46-31-42(60(12,13)14)19-26-48(46)64-52-28-36(6)38(8)58-56(52)66(62(47)64)50-25-16-40(34(3)4)30-54(50)68-58/h15-34H,1-14H3. The first-order valence-electron chi connectivity index (χ1n) is 24.8. The van der Waals surface area contributed by atoms with Crippen molar-refractivity contribution in [3.8, 4) is 34.1 Å². The number of nitrogens with zero attached hydrogens (tertiary/aromatic N) is 4. The maximum atomic E-state index is 7.08. The van der Waals surface area contributed by atoms with Gasteiger partial charge in [-0.05, 0) is 172 Å². The molecule has 340 valence electrons. The van der Waals surface area contributed by atoms with Crippen molar-refractivity contribution < 1.29 is 9.47 Å². The first kappa shape index (κ1) is 42.8. The van der Waals surface area contributed by atoms with E-state index in [-0.39, 0.29) is 24.8 Å². The molecule has 0 radical (unpaired) electrons. The Labute approximate surface area is 404 Å². The third-order valence-corrected chi connectivity index (χ3v) is 15.8. The third kappa shape index (κ3) is 6.04. The molecule has 0 bridgehead atoms. The average molecular weight is 893 g/mol. The maximum absolute atomic E-state index is 7.08. The van der Waals surface area contributed by atoms with Crippen molar-refractivity contribution in [3.05, 3.63) is 154 Å². The molecule has 7 aromatic rings. The van der Waals surface area contributed by atoms with Gasteiger partial charge in [0.05, 0.1) is 34.1 Å². The minimum atomic E-state index is -0.216. The predicted molar refractivity (Wildman–Crippen MR) is 288 cm³/mol. The van der Waals surface area contributed by atoms with E-state index in [4.69, 9.17) is 9.47 Å². The van der Waals surface area contributed by atoms with E-state index in [9.17, 15) is 0 Å². The third-order valence-electron chi connectivity index (χ3n) is 15.8. The molecule has 0 N–H and O–H groups in total. The van der Waals surface area contributed by atoms with Gasteiger partial charge in [-0.25, -0.2) is 0 Å². The Bertz CT molecular complexity index is 3310. The number of aryl methyl sites for hydroxylation is 2. The summed E-state index contributed by atoms with van der Waals surface area (Å²) in [7, 11) is 0. The van der Waals surface area contributed by atoms with Gasteiger partial charge in [0.2, 0.25) is 0 Å². The highest BCUT2D eigenvalue weighted by Crippen LogP contribution is 2.62. The molecule has 0 unspecified atom stereocenters. The smallest absolute Gasteiger partial charge is 0.421 e. The number of rotatable bonds is 4. The number of hydrogen-bond donors (Lipinski definition) is 0. The van der Waals surface area contributed by atoms with Crippen LogP contribution in [0.2, 0.25) is 0 Å². The second kappa shape index (κ2) is 14.5. The molecule has 68 heavy (non-hydrogen) atoms. The van der Waals surface area contributed by atoms with Crippen molar-refractivity contribution in [2.75, 3.05) is 19.2 Å². The summed E-state index contributed by atoms with van der Waals surface area (Å²) in [6, 6.07) is 42.4. The van der Waals surface area contributed by atoms with Gasteiger partial charge < -0.3 is 28.7 Å². The average Bonchev–Trinajstić information content (AvgIpc) is 3.83. The lowest BCUT2D eigenvalue weighted by Crippen LogP contribution is -2.58. The van der Waals surface area contributed by atoms with E-state index in [0.29, 0.717) is 11.8 Å². The Kier molecular flexibility index (Phi) is 9.12. The second-order valence-electron chi connectivity index (χ2n) is 22.9. The molecule has 0 saturated carbocycles. The van der Waals surface area contributed by atoms with Crippen LogP contribution in [0.3, 0.4) is 0 Å². The first-order valence-corrected chi connectivity index (χ1v) is 24.8. The van der Waals surface area contributed by atoms with E-state index in [1.807, 2.05) is 0 Å². The van der Waals surface area contributed by atoms with Crippen molar-refractivity contribution in [2.45, 2.75) is 120 Å². The fraction of sp³-hybridized carbons (Fsp3) is 0.300. The quantitative estimate of drug-likeness (QED) is 0.164. The lowest BCUT2D eigenvalue weighted by molar-refractivity contribution is 0.473. The van der Waals surface area contributed by atoms with Gasteiger partial charge in [0.15, 0.2) is 11.5 Å². The molecule has 5 aliphatic rings. The molecular weight excluding hydrogens is 830 g/mol. The highest BCUT2D eigenvalue weighted by Gasteiger charge is 2.54. The molecule has 5 heterocycles. The molecule has 8 heteroatoms. The lowest BCUT2D eigenvalue weighted by Gasteiger charge is -2.39. The van der Waals surface area contributed by atoms with Gasteiger partial charge in [0.1, 0.15) is 11.5 Å². The van der Waals surface area contributed by atoms with Crippen molar-refractivity contribution in [1.82, 2.24) is 0 Å². The van der Waals surface area contributed by atoms with E-state index in [2.05, 4.69) is 225 Å². The lowest BCUT2D eigenvalue weighted by atomic mass is 9.56. The van der Waals surface area contributed by atoms with E-state index in [1.54, 1.807) is 0 Å². The fourth-order valence-electron chi connectivity index (χ4n) is 11.5. The zero-order valence-electron chi connectivity index (χ0n) is 42.3. The van der Waals surface area contributed by atoms with Gasteiger partial charge >= 0.3 is 14.0 Å². The first-order chi connectivity index (χ1) is 32.3. The van der Waals surface area contributed by atoms with Crippen LogP contribution in [0, 0.1) is 27.7 Å². The van der Waals surface area contributed by atoms with Crippen LogP contribution in [0.5, 0.6) is 23.0 Å². The van der Waals surface area contributed by atoms with Gasteiger partial charge in [-0.2, -0.15) is 0 Å². The summed E-state index contributed by atoms with van der Waals surface area (Å²) >= 11 is 0. The number of hydrogen-bond acceptors (Lipinski definition) is 6. The summed E-state index contributed by atoms with van der Waals surface area (Å²) in [5, 5.41) is 0. The molecule has 0 atom stereocenters. The minimum Gasteiger partial charge on any atom is -0.453 e. The molecule has 6 nitrogen and oxygen atoms in total. The van der Waals surface area contributed by atoms with Crippen LogP contribution in [0.4, 0.5) is 45.5 Å². The highest BCUT2D eigenvalue weighted by atomic mass is 16.5. The largest absolute Gasteiger partial charge is 0.453 e. The molecule has 12 rings (SSSR count). The van der Waals surface area contributed by atoms with Crippen LogP contribution in [-0.4, -0.2) is 14.0 Å². The molecule has 0 fully saturated rings. The maximum Gasteiger partial charge on any atom is 0.421 e. The summed E-state index contributed by atoms with van der Waals surface area (Å²) in [5.74, 6) is 4.47. The highest BCUT2D eigenvalue weighted by molar-refractivity contribution is 6.88. The van der Waals surface area contributed by atoms with Gasteiger partial charge in [-0.3, -0.25) is 0 Å². The van der Waals surface area contributed by atoms with Crippen LogP contribution < -0.4 is 39.6 Å². The molecule has 0 saturated heterocycles. The SMILES string of the molecule is Cc1cc2c3c(c1C)Oc1cc(C(C)C)ccc1N3B(c1ccc3c(c1)-c1cc(C(C)(C)C)ccc1N1B3N3c4ccc(C(C)C)cc4Oc4c(C)c(C)cc1c43)N2c1ccc(C(C)(C)C)cc1. The Morgan fingerprint density at radius 1 is 0.441 bits per heavy atom. The van der Waals surface area contributed by atoms with E-state index in [0.717, 1.165) is 57.1 Å². The summed E-state index contributed by atoms with van der Waals surface area (Å²) < 4.78 is 14.1. The number of anilines is 8. The van der Waals surface area contributed by atoms with Gasteiger partial charge in [-0.15, -0.1) is 0 Å². The second-order valence-corrected chi connectivity index (χ2v) is 22.9. The molecular formula is C60H62B2N4O2. The van der Waals surface area contributed by atoms with E-state index < -0.39 is 0 Å². The van der Waals surface area contributed by atoms with Crippen LogP contribution in [-0.2, 0) is 10.8 Å². The van der Waals surface area contributed by atoms with Gasteiger partial charge in [-0.1, -0.05) is 118 Å². The summed E-state index contributed by atoms with van der Waals surface area (Å²) in [6.07, 6.45) is 0. The number of ether oxygens (including phenoxy) is 2. The Hall–Kier alpha value is -6.53. The Morgan fingerprint density at radius 3 is 1.47 bits per heavy atom. The van der Waals surface area contributed by atoms with Crippen LogP contribution in [0.15, 0.2) is 109 Å². The van der Waals surface area contributed by atoms with Crippen molar-refractivity contribution in [2.24, 2.45) is 0 Å². The zero-order valence-corrected chi connectivity index (χ0v) is 42.3. The van der Waals surface area contributed by atoms with Gasteiger partial charge in [0, 0.05) is 16.9 Å². The van der Waals surface area contributed by atoms with Crippen molar-refractivity contribution >= 4 is 70.4 Å². The van der Waals surface area contributed by atoms with Crippen molar-refractivity contribution in [1.29, 1.82) is 0 Å². The van der Waals surface area contributed by atoms with Crippen LogP contribution in [0.25, 0.3) is 11.1 Å². The monoisotopic (exact) mass is 893 g/mol. The number of fused-ring (bicyclic) bond motifs is 12. The molecule has 0 amide bonds. The summed E-state index contributed by atoms with van der Waals surface area (Å²) in [4.78, 5) is 10.3. The molecule has 0 aliphatic carbocycles. The zero-order chi connectivity index (χ0) is 47.6. The van der Waals surface area contributed by atoms with Crippen molar-refractivity contribution in [3.63, 3.8) is 0 Å². The summed E-state index contributed by atoms with van der Waals surface area (Å²) in [6.45, 7) is 31.4. The molecule has 0 aromatic heterocycles. The Morgan fingerprint density at radius 2 is 0.941 bits per heavy atom. The van der Waals surface area contributed by atoms with Crippen LogP contribution in [0.1, 0.15) is 126 Å². The fourth-order valence-corrected chi connectivity index (χ4v) is 11.5. The van der Waals surface area contributed by atoms with Crippen LogP contribution >= 0.6 is 0 Å². The minimum absolute atomic E-state index is 0.0268. The van der Waals surface area contributed by atoms with E-state index in [1.165, 1.54) is 77.9 Å². The summed E-state index contributed by atoms with van der Waals surface area (Å²) in [5.41, 5.74) is 24.1.